The SMILES string of the molecule is CCCCOc1ccc(Nc2ncnc3sc(C)c(C)c23)cc1. The summed E-state index contributed by atoms with van der Waals surface area (Å²) in [4.78, 5) is 11.1. The molecule has 1 N–H and O–H groups in total. The second-order valence-corrected chi connectivity index (χ2v) is 6.74. The number of nitrogens with one attached hydrogen (secondary N) is 1. The van der Waals surface area contributed by atoms with E-state index in [0.29, 0.717) is 0 Å². The van der Waals surface area contributed by atoms with E-state index in [2.05, 4.69) is 36.1 Å². The molecule has 0 aliphatic carbocycles. The molecule has 0 aliphatic rings. The first-order valence-electron chi connectivity index (χ1n) is 7.89. The summed E-state index contributed by atoms with van der Waals surface area (Å²) in [6.07, 6.45) is 3.83. The number of unbranched alkanes of at least 4 members (excludes halogenated alkanes) is 1. The third kappa shape index (κ3) is 3.45. The van der Waals surface area contributed by atoms with E-state index >= 15 is 0 Å². The molecule has 0 unspecified atom stereocenters. The maximum Gasteiger partial charge on any atom is 0.142 e. The molecule has 0 radical (unpaired) electrons. The van der Waals surface area contributed by atoms with Crippen molar-refractivity contribution >= 4 is 33.1 Å². The van der Waals surface area contributed by atoms with Gasteiger partial charge in [-0.15, -0.1) is 11.3 Å². The molecule has 0 saturated heterocycles. The van der Waals surface area contributed by atoms with E-state index in [-0.39, 0.29) is 0 Å². The van der Waals surface area contributed by atoms with Gasteiger partial charge in [-0.1, -0.05) is 13.3 Å². The van der Waals surface area contributed by atoms with E-state index in [4.69, 9.17) is 4.74 Å². The molecule has 4 nitrogen and oxygen atoms in total. The zero-order valence-corrected chi connectivity index (χ0v) is 14.5. The van der Waals surface area contributed by atoms with Crippen molar-refractivity contribution in [1.29, 1.82) is 0 Å². The molecule has 5 heteroatoms. The second-order valence-electron chi connectivity index (χ2n) is 5.54. The Bertz CT molecular complexity index is 796. The van der Waals surface area contributed by atoms with Crippen LogP contribution in [-0.4, -0.2) is 16.6 Å². The lowest BCUT2D eigenvalue weighted by molar-refractivity contribution is 0.309. The fraction of sp³-hybridized carbons (Fsp3) is 0.333. The fourth-order valence-electron chi connectivity index (χ4n) is 2.38. The van der Waals surface area contributed by atoms with Gasteiger partial charge >= 0.3 is 0 Å². The summed E-state index contributed by atoms with van der Waals surface area (Å²) >= 11 is 1.71. The zero-order valence-electron chi connectivity index (χ0n) is 13.7. The summed E-state index contributed by atoms with van der Waals surface area (Å²) in [6, 6.07) is 8.01. The van der Waals surface area contributed by atoms with E-state index in [0.717, 1.165) is 46.9 Å². The van der Waals surface area contributed by atoms with Crippen LogP contribution < -0.4 is 10.1 Å². The average Bonchev–Trinajstić information content (AvgIpc) is 2.85. The van der Waals surface area contributed by atoms with Crippen LogP contribution in [0.3, 0.4) is 0 Å². The Balaban J connectivity index is 1.79. The molecule has 0 bridgehead atoms. The molecule has 3 rings (SSSR count). The summed E-state index contributed by atoms with van der Waals surface area (Å²) in [5.41, 5.74) is 2.24. The van der Waals surface area contributed by atoms with Gasteiger partial charge in [-0.05, 0) is 50.1 Å². The smallest absolute Gasteiger partial charge is 0.142 e. The zero-order chi connectivity index (χ0) is 16.2. The molecule has 2 aromatic heterocycles. The number of ether oxygens (including phenoxy) is 1. The van der Waals surface area contributed by atoms with Crippen LogP contribution in [0, 0.1) is 13.8 Å². The van der Waals surface area contributed by atoms with Gasteiger partial charge in [0, 0.05) is 10.6 Å². The Hall–Kier alpha value is -2.14. The minimum absolute atomic E-state index is 0.767. The normalized spacial score (nSPS) is 10.9. The van der Waals surface area contributed by atoms with Gasteiger partial charge in [-0.25, -0.2) is 9.97 Å². The molecule has 2 heterocycles. The summed E-state index contributed by atoms with van der Waals surface area (Å²) < 4.78 is 5.69. The predicted octanol–water partition coefficient (Wildman–Crippen LogP) is 5.23. The van der Waals surface area contributed by atoms with Crippen LogP contribution >= 0.6 is 11.3 Å². The second kappa shape index (κ2) is 6.96. The molecule has 3 aromatic rings. The van der Waals surface area contributed by atoms with Gasteiger partial charge in [0.05, 0.1) is 12.0 Å². The highest BCUT2D eigenvalue weighted by Crippen LogP contribution is 2.33. The molecule has 120 valence electrons. The molecule has 0 amide bonds. The Morgan fingerprint density at radius 1 is 1.13 bits per heavy atom. The number of anilines is 2. The van der Waals surface area contributed by atoms with Crippen LogP contribution in [0.5, 0.6) is 5.75 Å². The standard InChI is InChI=1S/C18H21N3OS/c1-4-5-10-22-15-8-6-14(7-9-15)21-17-16-12(2)13(3)23-18(16)20-11-19-17/h6-9,11H,4-5,10H2,1-3H3,(H,19,20,21). The number of hydrogen-bond acceptors (Lipinski definition) is 5. The number of fused-ring (bicyclic) bond motifs is 1. The van der Waals surface area contributed by atoms with Crippen LogP contribution in [0.2, 0.25) is 0 Å². The number of nitrogens with zero attached hydrogens (tertiary/aromatic N) is 2. The quantitative estimate of drug-likeness (QED) is 0.630. The van der Waals surface area contributed by atoms with Gasteiger partial charge in [0.15, 0.2) is 0 Å². The highest BCUT2D eigenvalue weighted by atomic mass is 32.1. The maximum atomic E-state index is 5.69. The number of thiophene rings is 1. The first kappa shape index (κ1) is 15.7. The Kier molecular flexibility index (Phi) is 4.76. The van der Waals surface area contributed by atoms with Crippen molar-refractivity contribution < 1.29 is 4.74 Å². The van der Waals surface area contributed by atoms with Gasteiger partial charge in [0.25, 0.3) is 0 Å². The number of aryl methyl sites for hydroxylation is 2. The molecule has 0 aliphatic heterocycles. The Morgan fingerprint density at radius 2 is 1.91 bits per heavy atom. The van der Waals surface area contributed by atoms with Crippen molar-refractivity contribution in [3.8, 4) is 5.75 Å². The molecule has 0 atom stereocenters. The molecule has 0 fully saturated rings. The lowest BCUT2D eigenvalue weighted by atomic mass is 10.2. The minimum Gasteiger partial charge on any atom is -0.494 e. The van der Waals surface area contributed by atoms with E-state index in [1.165, 1.54) is 10.4 Å². The Morgan fingerprint density at radius 3 is 2.65 bits per heavy atom. The largest absolute Gasteiger partial charge is 0.494 e. The maximum absolute atomic E-state index is 5.69. The summed E-state index contributed by atoms with van der Waals surface area (Å²) in [6.45, 7) is 7.16. The summed E-state index contributed by atoms with van der Waals surface area (Å²) in [5.74, 6) is 1.76. The van der Waals surface area contributed by atoms with Crippen molar-refractivity contribution in [2.45, 2.75) is 33.6 Å². The first-order chi connectivity index (χ1) is 11.2. The van der Waals surface area contributed by atoms with Crippen LogP contribution in [0.25, 0.3) is 10.2 Å². The molecule has 1 aromatic carbocycles. The van der Waals surface area contributed by atoms with Crippen molar-refractivity contribution in [2.24, 2.45) is 0 Å². The monoisotopic (exact) mass is 327 g/mol. The molecule has 23 heavy (non-hydrogen) atoms. The summed E-state index contributed by atoms with van der Waals surface area (Å²) in [7, 11) is 0. The van der Waals surface area contributed by atoms with E-state index in [1.807, 2.05) is 24.3 Å². The molecular formula is C18H21N3OS. The third-order valence-corrected chi connectivity index (χ3v) is 4.96. The number of rotatable bonds is 6. The molecule has 0 spiro atoms. The van der Waals surface area contributed by atoms with Crippen molar-refractivity contribution in [3.05, 3.63) is 41.0 Å². The van der Waals surface area contributed by atoms with Crippen LogP contribution in [0.1, 0.15) is 30.2 Å². The van der Waals surface area contributed by atoms with Crippen molar-refractivity contribution in [3.63, 3.8) is 0 Å². The lowest BCUT2D eigenvalue weighted by Gasteiger charge is -2.09. The van der Waals surface area contributed by atoms with Crippen LogP contribution in [0.4, 0.5) is 11.5 Å². The fourth-order valence-corrected chi connectivity index (χ4v) is 3.38. The Labute approximate surface area is 140 Å². The van der Waals surface area contributed by atoms with Gasteiger partial charge in [-0.2, -0.15) is 0 Å². The third-order valence-electron chi connectivity index (χ3n) is 3.85. The van der Waals surface area contributed by atoms with Gasteiger partial charge in [0.1, 0.15) is 22.7 Å². The predicted molar refractivity (Wildman–Crippen MR) is 97.0 cm³/mol. The van der Waals surface area contributed by atoms with E-state index < -0.39 is 0 Å². The van der Waals surface area contributed by atoms with Gasteiger partial charge < -0.3 is 10.1 Å². The minimum atomic E-state index is 0.767. The van der Waals surface area contributed by atoms with Gasteiger partial charge in [-0.3, -0.25) is 0 Å². The van der Waals surface area contributed by atoms with Crippen molar-refractivity contribution in [1.82, 2.24) is 9.97 Å². The summed E-state index contributed by atoms with van der Waals surface area (Å²) in [5, 5.41) is 4.51. The highest BCUT2D eigenvalue weighted by Gasteiger charge is 2.11. The number of aromatic nitrogens is 2. The number of hydrogen-bond donors (Lipinski definition) is 1. The highest BCUT2D eigenvalue weighted by molar-refractivity contribution is 7.18. The van der Waals surface area contributed by atoms with E-state index in [9.17, 15) is 0 Å². The lowest BCUT2D eigenvalue weighted by Crippen LogP contribution is -1.98. The van der Waals surface area contributed by atoms with Gasteiger partial charge in [0.2, 0.25) is 0 Å². The molecular weight excluding hydrogens is 306 g/mol. The number of benzene rings is 1. The molecule has 0 saturated carbocycles. The van der Waals surface area contributed by atoms with E-state index in [1.54, 1.807) is 17.7 Å². The van der Waals surface area contributed by atoms with Crippen molar-refractivity contribution in [2.75, 3.05) is 11.9 Å². The van der Waals surface area contributed by atoms with Crippen LogP contribution in [-0.2, 0) is 0 Å². The topological polar surface area (TPSA) is 47.0 Å². The average molecular weight is 327 g/mol. The van der Waals surface area contributed by atoms with Crippen LogP contribution in [0.15, 0.2) is 30.6 Å². The first-order valence-corrected chi connectivity index (χ1v) is 8.71.